The molecule has 16 heavy (non-hydrogen) atoms. The highest BCUT2D eigenvalue weighted by Crippen LogP contribution is 2.24. The van der Waals surface area contributed by atoms with Crippen molar-refractivity contribution in [3.63, 3.8) is 0 Å². The number of carbonyl (C=O) groups excluding carboxylic acids is 1. The molecule has 1 fully saturated rings. The minimum absolute atomic E-state index is 0.156. The normalized spacial score (nSPS) is 21.8. The predicted octanol–water partition coefficient (Wildman–Crippen LogP) is 3.35. The van der Waals surface area contributed by atoms with Gasteiger partial charge in [-0.05, 0) is 47.0 Å². The van der Waals surface area contributed by atoms with Crippen LogP contribution in [0.3, 0.4) is 0 Å². The fourth-order valence-electron chi connectivity index (χ4n) is 1.98. The second kappa shape index (κ2) is 4.89. The number of piperidine rings is 1. The summed E-state index contributed by atoms with van der Waals surface area (Å²) in [5, 5.41) is 0. The van der Waals surface area contributed by atoms with E-state index in [1.165, 1.54) is 0 Å². The van der Waals surface area contributed by atoms with Crippen LogP contribution in [-0.2, 0) is 4.74 Å². The highest BCUT2D eigenvalue weighted by atomic mass is 16.6. The van der Waals surface area contributed by atoms with Crippen molar-refractivity contribution in [3.8, 4) is 0 Å². The molecule has 0 aromatic rings. The van der Waals surface area contributed by atoms with Crippen molar-refractivity contribution in [1.82, 2.24) is 4.90 Å². The first-order chi connectivity index (χ1) is 7.31. The van der Waals surface area contributed by atoms with Gasteiger partial charge in [0, 0.05) is 6.54 Å². The van der Waals surface area contributed by atoms with Crippen molar-refractivity contribution in [2.45, 2.75) is 58.6 Å². The Hall–Kier alpha value is -0.990. The minimum atomic E-state index is -0.422. The van der Waals surface area contributed by atoms with E-state index < -0.39 is 5.60 Å². The van der Waals surface area contributed by atoms with Gasteiger partial charge in [0.25, 0.3) is 0 Å². The second-order valence-corrected chi connectivity index (χ2v) is 5.53. The average Bonchev–Trinajstić information content (AvgIpc) is 2.15. The number of ether oxygens (including phenoxy) is 1. The predicted molar refractivity (Wildman–Crippen MR) is 65.4 cm³/mol. The van der Waals surface area contributed by atoms with Gasteiger partial charge in [0.15, 0.2) is 0 Å². The minimum Gasteiger partial charge on any atom is -0.444 e. The van der Waals surface area contributed by atoms with Crippen LogP contribution in [0.1, 0.15) is 47.0 Å². The Morgan fingerprint density at radius 1 is 1.38 bits per heavy atom. The first kappa shape index (κ1) is 13.1. The van der Waals surface area contributed by atoms with Crippen molar-refractivity contribution < 1.29 is 9.53 Å². The van der Waals surface area contributed by atoms with Gasteiger partial charge >= 0.3 is 6.09 Å². The zero-order valence-corrected chi connectivity index (χ0v) is 10.9. The van der Waals surface area contributed by atoms with E-state index in [0.717, 1.165) is 31.4 Å². The molecule has 1 heterocycles. The lowest BCUT2D eigenvalue weighted by Crippen LogP contribution is -2.46. The topological polar surface area (TPSA) is 29.5 Å². The molecule has 0 spiro atoms. The zero-order chi connectivity index (χ0) is 12.3. The molecule has 1 aliphatic rings. The lowest BCUT2D eigenvalue weighted by atomic mass is 9.97. The van der Waals surface area contributed by atoms with Gasteiger partial charge in [-0.15, -0.1) is 0 Å². The maximum Gasteiger partial charge on any atom is 0.410 e. The van der Waals surface area contributed by atoms with E-state index in [4.69, 9.17) is 4.74 Å². The molecule has 0 bridgehead atoms. The highest BCUT2D eigenvalue weighted by molar-refractivity contribution is 5.69. The van der Waals surface area contributed by atoms with Gasteiger partial charge in [0.2, 0.25) is 0 Å². The molecule has 0 N–H and O–H groups in total. The number of carbonyl (C=O) groups is 1. The van der Waals surface area contributed by atoms with Crippen LogP contribution in [0.25, 0.3) is 0 Å². The average molecular weight is 225 g/mol. The summed E-state index contributed by atoms with van der Waals surface area (Å²) in [6.45, 7) is 12.4. The van der Waals surface area contributed by atoms with E-state index in [0.29, 0.717) is 0 Å². The lowest BCUT2D eigenvalue weighted by molar-refractivity contribution is 0.0138. The van der Waals surface area contributed by atoms with E-state index in [-0.39, 0.29) is 12.1 Å². The first-order valence-electron chi connectivity index (χ1n) is 5.96. The van der Waals surface area contributed by atoms with Crippen LogP contribution in [0.15, 0.2) is 12.2 Å². The summed E-state index contributed by atoms with van der Waals surface area (Å²) in [7, 11) is 0. The summed E-state index contributed by atoms with van der Waals surface area (Å²) in [6, 6.07) is 0.156. The first-order valence-corrected chi connectivity index (χ1v) is 5.96. The number of hydrogen-bond donors (Lipinski definition) is 0. The van der Waals surface area contributed by atoms with Gasteiger partial charge in [-0.25, -0.2) is 4.79 Å². The molecule has 0 saturated carbocycles. The fourth-order valence-corrected chi connectivity index (χ4v) is 1.98. The summed E-state index contributed by atoms with van der Waals surface area (Å²) < 4.78 is 5.40. The van der Waals surface area contributed by atoms with Gasteiger partial charge < -0.3 is 9.64 Å². The molecule has 0 unspecified atom stereocenters. The van der Waals surface area contributed by atoms with Crippen molar-refractivity contribution in [2.75, 3.05) is 6.54 Å². The van der Waals surface area contributed by atoms with E-state index in [1.807, 2.05) is 32.6 Å². The third-order valence-corrected chi connectivity index (χ3v) is 2.70. The zero-order valence-electron chi connectivity index (χ0n) is 10.9. The third-order valence-electron chi connectivity index (χ3n) is 2.70. The Balaban J connectivity index is 2.68. The van der Waals surface area contributed by atoms with Crippen LogP contribution in [0.2, 0.25) is 0 Å². The monoisotopic (exact) mass is 225 g/mol. The van der Waals surface area contributed by atoms with Crippen LogP contribution < -0.4 is 0 Å². The molecule has 1 amide bonds. The van der Waals surface area contributed by atoms with Gasteiger partial charge in [-0.1, -0.05) is 12.2 Å². The molecule has 0 aliphatic carbocycles. The second-order valence-electron chi connectivity index (χ2n) is 5.53. The van der Waals surface area contributed by atoms with Crippen LogP contribution >= 0.6 is 0 Å². The maximum absolute atomic E-state index is 12.0. The molecule has 0 aromatic carbocycles. The summed E-state index contributed by atoms with van der Waals surface area (Å²) in [5.41, 5.74) is 0.624. The quantitative estimate of drug-likeness (QED) is 0.640. The van der Waals surface area contributed by atoms with E-state index >= 15 is 0 Å². The number of amides is 1. The van der Waals surface area contributed by atoms with Crippen molar-refractivity contribution in [1.29, 1.82) is 0 Å². The molecule has 1 rings (SSSR count). The fraction of sp³-hybridized carbons (Fsp3) is 0.769. The van der Waals surface area contributed by atoms with Crippen LogP contribution in [0.5, 0.6) is 0 Å². The van der Waals surface area contributed by atoms with E-state index in [1.54, 1.807) is 0 Å². The SMILES string of the molecule is C=C(C)[C@H]1CCCCN1C(=O)OC(C)(C)C. The largest absolute Gasteiger partial charge is 0.444 e. The van der Waals surface area contributed by atoms with Gasteiger partial charge in [-0.2, -0.15) is 0 Å². The Morgan fingerprint density at radius 3 is 2.50 bits per heavy atom. The van der Waals surface area contributed by atoms with Crippen molar-refractivity contribution in [2.24, 2.45) is 0 Å². The third kappa shape index (κ3) is 3.54. The molecule has 1 saturated heterocycles. The van der Waals surface area contributed by atoms with Gasteiger partial charge in [-0.3, -0.25) is 0 Å². The van der Waals surface area contributed by atoms with Crippen molar-refractivity contribution >= 4 is 6.09 Å². The molecule has 0 aromatic heterocycles. The Labute approximate surface area is 98.5 Å². The Kier molecular flexibility index (Phi) is 4.00. The van der Waals surface area contributed by atoms with Crippen molar-refractivity contribution in [3.05, 3.63) is 12.2 Å². The maximum atomic E-state index is 12.0. The van der Waals surface area contributed by atoms with Crippen LogP contribution in [0.4, 0.5) is 4.79 Å². The number of hydrogen-bond acceptors (Lipinski definition) is 2. The smallest absolute Gasteiger partial charge is 0.410 e. The molecule has 1 atom stereocenters. The summed E-state index contributed by atoms with van der Waals surface area (Å²) in [4.78, 5) is 13.8. The number of likely N-dealkylation sites (tertiary alicyclic amines) is 1. The lowest BCUT2D eigenvalue weighted by Gasteiger charge is -2.37. The van der Waals surface area contributed by atoms with Gasteiger partial charge in [0.05, 0.1) is 6.04 Å². The molecule has 0 radical (unpaired) electrons. The van der Waals surface area contributed by atoms with Gasteiger partial charge in [0.1, 0.15) is 5.60 Å². The summed E-state index contributed by atoms with van der Waals surface area (Å²) >= 11 is 0. The number of nitrogens with zero attached hydrogens (tertiary/aromatic N) is 1. The number of rotatable bonds is 1. The van der Waals surface area contributed by atoms with Crippen LogP contribution in [-0.4, -0.2) is 29.2 Å². The summed E-state index contributed by atoms with van der Waals surface area (Å²) in [6.07, 6.45) is 3.02. The molecule has 3 nitrogen and oxygen atoms in total. The standard InChI is InChI=1S/C13H23NO2/c1-10(2)11-8-6-7-9-14(11)12(15)16-13(3,4)5/h11H,1,6-9H2,2-5H3/t11-/m1/s1. The molecular weight excluding hydrogens is 202 g/mol. The Morgan fingerprint density at radius 2 is 2.00 bits per heavy atom. The summed E-state index contributed by atoms with van der Waals surface area (Å²) in [5.74, 6) is 0. The van der Waals surface area contributed by atoms with E-state index in [2.05, 4.69) is 6.58 Å². The molecule has 1 aliphatic heterocycles. The molecule has 92 valence electrons. The highest BCUT2D eigenvalue weighted by Gasteiger charge is 2.30. The van der Waals surface area contributed by atoms with E-state index in [9.17, 15) is 4.79 Å². The Bertz CT molecular complexity index is 278. The molecular formula is C13H23NO2. The van der Waals surface area contributed by atoms with Crippen LogP contribution in [0, 0.1) is 0 Å². The molecule has 3 heteroatoms.